The topological polar surface area (TPSA) is 74.4 Å². The first-order chi connectivity index (χ1) is 14.2. The Balaban J connectivity index is 1.42. The maximum atomic E-state index is 12.5. The number of amides is 3. The van der Waals surface area contributed by atoms with Gasteiger partial charge in [0, 0.05) is 45.8 Å². The molecule has 1 atom stereocenters. The van der Waals surface area contributed by atoms with E-state index in [4.69, 9.17) is 9.47 Å². The second-order valence-electron chi connectivity index (χ2n) is 7.41. The summed E-state index contributed by atoms with van der Waals surface area (Å²) in [6.45, 7) is 8.35. The van der Waals surface area contributed by atoms with E-state index in [0.29, 0.717) is 38.5 Å². The summed E-state index contributed by atoms with van der Waals surface area (Å²) in [4.78, 5) is 30.6. The lowest BCUT2D eigenvalue weighted by Crippen LogP contribution is -2.52. The highest BCUT2D eigenvalue weighted by Crippen LogP contribution is 2.12. The van der Waals surface area contributed by atoms with E-state index in [1.54, 1.807) is 0 Å². The Labute approximate surface area is 172 Å². The fourth-order valence-electron chi connectivity index (χ4n) is 3.72. The van der Waals surface area contributed by atoms with Gasteiger partial charge in [0.15, 0.2) is 6.61 Å². The molecule has 1 aromatic rings. The van der Waals surface area contributed by atoms with Crippen LogP contribution in [0.25, 0.3) is 0 Å². The Kier molecular flexibility index (Phi) is 8.13. The highest BCUT2D eigenvalue weighted by atomic mass is 16.5. The molecular weight excluding hydrogens is 372 g/mol. The Hall–Kier alpha value is -2.32. The zero-order valence-electron chi connectivity index (χ0n) is 17.2. The van der Waals surface area contributed by atoms with Crippen LogP contribution >= 0.6 is 0 Å². The molecule has 8 heteroatoms. The Morgan fingerprint density at radius 3 is 2.72 bits per heavy atom. The van der Waals surface area contributed by atoms with E-state index in [9.17, 15) is 9.59 Å². The summed E-state index contributed by atoms with van der Waals surface area (Å²) in [6.07, 6.45) is 0.930. The lowest BCUT2D eigenvalue weighted by molar-refractivity contribution is -0.133. The van der Waals surface area contributed by atoms with E-state index < -0.39 is 0 Å². The highest BCUT2D eigenvalue weighted by Gasteiger charge is 2.27. The summed E-state index contributed by atoms with van der Waals surface area (Å²) in [5.41, 5.74) is 0. The van der Waals surface area contributed by atoms with Crippen molar-refractivity contribution in [1.29, 1.82) is 0 Å². The van der Waals surface area contributed by atoms with E-state index in [2.05, 4.69) is 10.2 Å². The van der Waals surface area contributed by atoms with Crippen LogP contribution in [0.15, 0.2) is 30.3 Å². The number of carbonyl (C=O) groups is 2. The van der Waals surface area contributed by atoms with Gasteiger partial charge in [0.2, 0.25) is 0 Å². The normalized spacial score (nSPS) is 20.8. The third-order valence-electron chi connectivity index (χ3n) is 5.26. The van der Waals surface area contributed by atoms with Crippen molar-refractivity contribution in [2.75, 3.05) is 65.6 Å². The van der Waals surface area contributed by atoms with Crippen LogP contribution in [0.3, 0.4) is 0 Å². The van der Waals surface area contributed by atoms with Crippen molar-refractivity contribution < 1.29 is 19.1 Å². The van der Waals surface area contributed by atoms with Crippen molar-refractivity contribution in [3.05, 3.63) is 30.3 Å². The SMILES string of the molecule is CCNC(=O)N1CCOC(CN2CCCN(C(=O)COc3ccccc3)CC2)C1. The molecule has 1 N–H and O–H groups in total. The summed E-state index contributed by atoms with van der Waals surface area (Å²) in [5, 5.41) is 2.85. The molecule has 0 spiro atoms. The minimum Gasteiger partial charge on any atom is -0.484 e. The van der Waals surface area contributed by atoms with Crippen LogP contribution in [0.2, 0.25) is 0 Å². The van der Waals surface area contributed by atoms with E-state index >= 15 is 0 Å². The summed E-state index contributed by atoms with van der Waals surface area (Å²) >= 11 is 0. The van der Waals surface area contributed by atoms with Gasteiger partial charge in [-0.25, -0.2) is 4.79 Å². The number of nitrogens with one attached hydrogen (secondary N) is 1. The average molecular weight is 405 g/mol. The van der Waals surface area contributed by atoms with E-state index in [0.717, 1.165) is 32.6 Å². The van der Waals surface area contributed by atoms with Crippen LogP contribution in [0, 0.1) is 0 Å². The molecule has 8 nitrogen and oxygen atoms in total. The third-order valence-corrected chi connectivity index (χ3v) is 5.26. The van der Waals surface area contributed by atoms with Gasteiger partial charge in [0.05, 0.1) is 12.7 Å². The monoisotopic (exact) mass is 404 g/mol. The fourth-order valence-corrected chi connectivity index (χ4v) is 3.72. The van der Waals surface area contributed by atoms with Gasteiger partial charge in [-0.2, -0.15) is 0 Å². The van der Waals surface area contributed by atoms with Gasteiger partial charge in [0.1, 0.15) is 5.75 Å². The van der Waals surface area contributed by atoms with Gasteiger partial charge in [-0.1, -0.05) is 18.2 Å². The molecule has 3 amide bonds. The molecule has 3 rings (SSSR count). The van der Waals surface area contributed by atoms with Crippen LogP contribution in [0.5, 0.6) is 5.75 Å². The molecule has 0 radical (unpaired) electrons. The van der Waals surface area contributed by atoms with Gasteiger partial charge >= 0.3 is 6.03 Å². The predicted molar refractivity (Wildman–Crippen MR) is 110 cm³/mol. The standard InChI is InChI=1S/C21H32N4O4/c1-2-22-21(27)25-13-14-28-19(16-25)15-23-9-6-10-24(12-11-23)20(26)17-29-18-7-4-3-5-8-18/h3-5,7-8,19H,2,6,9-17H2,1H3,(H,22,27). The first kappa shape index (κ1) is 21.4. The number of hydrogen-bond acceptors (Lipinski definition) is 5. The summed E-state index contributed by atoms with van der Waals surface area (Å²) in [7, 11) is 0. The Morgan fingerprint density at radius 2 is 1.93 bits per heavy atom. The fraction of sp³-hybridized carbons (Fsp3) is 0.619. The first-order valence-electron chi connectivity index (χ1n) is 10.5. The minimum atomic E-state index is -0.0214. The van der Waals surface area contributed by atoms with E-state index in [1.165, 1.54) is 0 Å². The number of carbonyl (C=O) groups excluding carboxylic acids is 2. The van der Waals surface area contributed by atoms with Gasteiger partial charge in [-0.05, 0) is 32.0 Å². The van der Waals surface area contributed by atoms with E-state index in [1.807, 2.05) is 47.1 Å². The molecule has 2 aliphatic rings. The maximum Gasteiger partial charge on any atom is 0.317 e. The lowest BCUT2D eigenvalue weighted by Gasteiger charge is -2.35. The molecule has 2 saturated heterocycles. The molecule has 2 aliphatic heterocycles. The van der Waals surface area contributed by atoms with Crippen LogP contribution in [0.1, 0.15) is 13.3 Å². The minimum absolute atomic E-state index is 0.00928. The van der Waals surface area contributed by atoms with Crippen LogP contribution in [-0.4, -0.2) is 98.3 Å². The summed E-state index contributed by atoms with van der Waals surface area (Å²) < 4.78 is 11.5. The smallest absolute Gasteiger partial charge is 0.317 e. The number of ether oxygens (including phenoxy) is 2. The van der Waals surface area contributed by atoms with Crippen molar-refractivity contribution in [2.45, 2.75) is 19.4 Å². The molecule has 2 fully saturated rings. The molecular formula is C21H32N4O4. The molecule has 1 unspecified atom stereocenters. The van der Waals surface area contributed by atoms with Crippen LogP contribution in [-0.2, 0) is 9.53 Å². The molecule has 29 heavy (non-hydrogen) atoms. The van der Waals surface area contributed by atoms with Gasteiger partial charge in [-0.3, -0.25) is 9.69 Å². The largest absolute Gasteiger partial charge is 0.484 e. The van der Waals surface area contributed by atoms with Crippen molar-refractivity contribution in [3.8, 4) is 5.75 Å². The predicted octanol–water partition coefficient (Wildman–Crippen LogP) is 1.03. The molecule has 0 aromatic heterocycles. The quantitative estimate of drug-likeness (QED) is 0.767. The average Bonchev–Trinajstić information content (AvgIpc) is 2.99. The summed E-state index contributed by atoms with van der Waals surface area (Å²) in [5.74, 6) is 0.732. The molecule has 2 heterocycles. The lowest BCUT2D eigenvalue weighted by atomic mass is 10.2. The number of nitrogens with zero attached hydrogens (tertiary/aromatic N) is 3. The van der Waals surface area contributed by atoms with Crippen molar-refractivity contribution in [1.82, 2.24) is 20.0 Å². The number of hydrogen-bond donors (Lipinski definition) is 1. The third kappa shape index (κ3) is 6.61. The van der Waals surface area contributed by atoms with Gasteiger partial charge in [-0.15, -0.1) is 0 Å². The maximum absolute atomic E-state index is 12.5. The second-order valence-corrected chi connectivity index (χ2v) is 7.41. The van der Waals surface area contributed by atoms with E-state index in [-0.39, 0.29) is 24.6 Å². The van der Waals surface area contributed by atoms with Gasteiger partial charge < -0.3 is 24.6 Å². The zero-order chi connectivity index (χ0) is 20.5. The highest BCUT2D eigenvalue weighted by molar-refractivity contribution is 5.77. The Morgan fingerprint density at radius 1 is 1.10 bits per heavy atom. The summed E-state index contributed by atoms with van der Waals surface area (Å²) in [6, 6.07) is 9.39. The molecule has 160 valence electrons. The molecule has 0 aliphatic carbocycles. The molecule has 0 saturated carbocycles. The van der Waals surface area contributed by atoms with Crippen molar-refractivity contribution in [2.24, 2.45) is 0 Å². The van der Waals surface area contributed by atoms with Crippen LogP contribution < -0.4 is 10.1 Å². The Bertz CT molecular complexity index is 657. The number of benzene rings is 1. The van der Waals surface area contributed by atoms with Crippen molar-refractivity contribution >= 4 is 11.9 Å². The molecule has 1 aromatic carbocycles. The van der Waals surface area contributed by atoms with Crippen LogP contribution in [0.4, 0.5) is 4.79 Å². The zero-order valence-corrected chi connectivity index (χ0v) is 17.2. The van der Waals surface area contributed by atoms with Gasteiger partial charge in [0.25, 0.3) is 5.91 Å². The number of urea groups is 1. The number of rotatable bonds is 6. The number of morpholine rings is 1. The molecule has 0 bridgehead atoms. The first-order valence-corrected chi connectivity index (χ1v) is 10.5. The second kappa shape index (κ2) is 11.0. The number of para-hydroxylation sites is 1. The van der Waals surface area contributed by atoms with Crippen molar-refractivity contribution in [3.63, 3.8) is 0 Å².